The molecule has 2 fully saturated rings. The first kappa shape index (κ1) is 15.6. The van der Waals surface area contributed by atoms with Gasteiger partial charge in [0.25, 0.3) is 0 Å². The fourth-order valence-corrected chi connectivity index (χ4v) is 4.01. The molecule has 3 unspecified atom stereocenters. The molecule has 0 aliphatic heterocycles. The maximum Gasteiger partial charge on any atom is 0.333 e. The van der Waals surface area contributed by atoms with Crippen LogP contribution >= 0.6 is 0 Å². The summed E-state index contributed by atoms with van der Waals surface area (Å²) in [5, 5.41) is 0. The van der Waals surface area contributed by atoms with Crippen LogP contribution in [0.15, 0.2) is 11.6 Å². The van der Waals surface area contributed by atoms with E-state index < -0.39 is 0 Å². The summed E-state index contributed by atoms with van der Waals surface area (Å²) in [5.74, 6) is 2.30. The van der Waals surface area contributed by atoms with Crippen molar-refractivity contribution in [1.29, 1.82) is 0 Å². The van der Waals surface area contributed by atoms with E-state index in [1.807, 2.05) is 6.92 Å². The smallest absolute Gasteiger partial charge is 0.333 e. The fourth-order valence-electron chi connectivity index (χ4n) is 4.01. The molecule has 0 aromatic carbocycles. The van der Waals surface area contributed by atoms with E-state index in [4.69, 9.17) is 4.74 Å². The van der Waals surface area contributed by atoms with E-state index in [0.717, 1.165) is 36.7 Å². The standard InChI is InChI=1S/C18H30O2/c1-3-4-7-12-20-18(19)14(2)13-16-11-10-15-8-5-6-9-17(15)16/h13,15-17H,3-12H2,1-2H3. The van der Waals surface area contributed by atoms with Crippen LogP contribution in [0.5, 0.6) is 0 Å². The van der Waals surface area contributed by atoms with E-state index in [0.29, 0.717) is 12.5 Å². The molecule has 2 saturated carbocycles. The lowest BCUT2D eigenvalue weighted by molar-refractivity contribution is -0.139. The topological polar surface area (TPSA) is 26.3 Å². The summed E-state index contributed by atoms with van der Waals surface area (Å²) in [6, 6.07) is 0. The zero-order valence-corrected chi connectivity index (χ0v) is 13.2. The summed E-state index contributed by atoms with van der Waals surface area (Å²) in [6.45, 7) is 4.67. The number of allylic oxidation sites excluding steroid dienone is 1. The number of hydrogen-bond acceptors (Lipinski definition) is 2. The molecule has 0 spiro atoms. The molecule has 2 nitrogen and oxygen atoms in total. The summed E-state index contributed by atoms with van der Waals surface area (Å²) >= 11 is 0. The van der Waals surface area contributed by atoms with Crippen molar-refractivity contribution in [3.63, 3.8) is 0 Å². The van der Waals surface area contributed by atoms with Crippen LogP contribution in [0, 0.1) is 17.8 Å². The van der Waals surface area contributed by atoms with Gasteiger partial charge in [0.15, 0.2) is 0 Å². The third kappa shape index (κ3) is 4.10. The minimum absolute atomic E-state index is 0.0969. The van der Waals surface area contributed by atoms with Crippen LogP contribution in [0.25, 0.3) is 0 Å². The largest absolute Gasteiger partial charge is 0.462 e. The van der Waals surface area contributed by atoms with Crippen molar-refractivity contribution in [2.45, 2.75) is 71.6 Å². The molecular formula is C18H30O2. The Hall–Kier alpha value is -0.790. The third-order valence-electron chi connectivity index (χ3n) is 5.16. The Morgan fingerprint density at radius 3 is 2.75 bits per heavy atom. The van der Waals surface area contributed by atoms with Crippen LogP contribution in [0.2, 0.25) is 0 Å². The summed E-state index contributed by atoms with van der Waals surface area (Å²) in [6.07, 6.45) is 13.7. The molecule has 0 amide bonds. The normalized spacial score (nSPS) is 30.1. The van der Waals surface area contributed by atoms with Gasteiger partial charge in [-0.05, 0) is 50.4 Å². The van der Waals surface area contributed by atoms with Gasteiger partial charge >= 0.3 is 5.97 Å². The first-order valence-corrected chi connectivity index (χ1v) is 8.58. The van der Waals surface area contributed by atoms with Gasteiger partial charge in [0, 0.05) is 5.57 Å². The van der Waals surface area contributed by atoms with Gasteiger partial charge in [0.05, 0.1) is 6.61 Å². The van der Waals surface area contributed by atoms with Gasteiger partial charge in [-0.2, -0.15) is 0 Å². The zero-order chi connectivity index (χ0) is 14.4. The van der Waals surface area contributed by atoms with E-state index in [-0.39, 0.29) is 5.97 Å². The second-order valence-corrected chi connectivity index (χ2v) is 6.64. The minimum Gasteiger partial charge on any atom is -0.462 e. The quantitative estimate of drug-likeness (QED) is 0.393. The predicted octanol–water partition coefficient (Wildman–Crippen LogP) is 4.88. The maximum atomic E-state index is 12.0. The van der Waals surface area contributed by atoms with Crippen molar-refractivity contribution in [1.82, 2.24) is 0 Å². The van der Waals surface area contributed by atoms with Gasteiger partial charge in [-0.3, -0.25) is 0 Å². The molecular weight excluding hydrogens is 248 g/mol. The number of carbonyl (C=O) groups is 1. The summed E-state index contributed by atoms with van der Waals surface area (Å²) in [4.78, 5) is 12.0. The van der Waals surface area contributed by atoms with Gasteiger partial charge in [-0.15, -0.1) is 0 Å². The van der Waals surface area contributed by atoms with Gasteiger partial charge in [-0.25, -0.2) is 4.79 Å². The molecule has 0 bridgehead atoms. The van der Waals surface area contributed by atoms with Gasteiger partial charge in [0.1, 0.15) is 0 Å². The Balaban J connectivity index is 1.81. The van der Waals surface area contributed by atoms with Gasteiger partial charge < -0.3 is 4.74 Å². The van der Waals surface area contributed by atoms with E-state index in [9.17, 15) is 4.79 Å². The molecule has 0 radical (unpaired) electrons. The highest BCUT2D eigenvalue weighted by Crippen LogP contribution is 2.46. The Kier molecular flexibility index (Phi) is 6.12. The highest BCUT2D eigenvalue weighted by molar-refractivity contribution is 5.87. The van der Waals surface area contributed by atoms with Crippen LogP contribution in [-0.4, -0.2) is 12.6 Å². The number of hydrogen-bond donors (Lipinski definition) is 0. The van der Waals surface area contributed by atoms with Crippen molar-refractivity contribution in [3.8, 4) is 0 Å². The molecule has 20 heavy (non-hydrogen) atoms. The maximum absolute atomic E-state index is 12.0. The summed E-state index contributed by atoms with van der Waals surface area (Å²) < 4.78 is 5.34. The first-order chi connectivity index (χ1) is 9.72. The number of fused-ring (bicyclic) bond motifs is 1. The summed E-state index contributed by atoms with van der Waals surface area (Å²) in [5.41, 5.74) is 0.831. The number of ether oxygens (including phenoxy) is 1. The number of rotatable bonds is 6. The highest BCUT2D eigenvalue weighted by atomic mass is 16.5. The predicted molar refractivity (Wildman–Crippen MR) is 82.4 cm³/mol. The van der Waals surface area contributed by atoms with E-state index in [1.54, 1.807) is 0 Å². The van der Waals surface area contributed by atoms with E-state index in [2.05, 4.69) is 13.0 Å². The van der Waals surface area contributed by atoms with Crippen LogP contribution in [0.4, 0.5) is 0 Å². The number of unbranched alkanes of at least 4 members (excludes halogenated alkanes) is 2. The van der Waals surface area contributed by atoms with Crippen LogP contribution in [-0.2, 0) is 9.53 Å². The number of carbonyl (C=O) groups excluding carboxylic acids is 1. The SMILES string of the molecule is CCCCCOC(=O)C(C)=CC1CCC2CCCCC12. The fraction of sp³-hybridized carbons (Fsp3) is 0.833. The molecule has 0 saturated heterocycles. The Labute approximate surface area is 124 Å². The molecule has 2 aliphatic rings. The third-order valence-corrected chi connectivity index (χ3v) is 5.16. The molecule has 0 N–H and O–H groups in total. The monoisotopic (exact) mass is 278 g/mol. The summed E-state index contributed by atoms with van der Waals surface area (Å²) in [7, 11) is 0. The van der Waals surface area contributed by atoms with E-state index >= 15 is 0 Å². The number of esters is 1. The second kappa shape index (κ2) is 7.85. The molecule has 114 valence electrons. The van der Waals surface area contributed by atoms with Gasteiger partial charge in [-0.1, -0.05) is 45.1 Å². The Morgan fingerprint density at radius 2 is 1.95 bits per heavy atom. The average Bonchev–Trinajstić information content (AvgIpc) is 2.87. The van der Waals surface area contributed by atoms with Crippen LogP contribution in [0.3, 0.4) is 0 Å². The molecule has 0 heterocycles. The molecule has 2 rings (SSSR count). The van der Waals surface area contributed by atoms with Crippen molar-refractivity contribution in [2.75, 3.05) is 6.61 Å². The molecule has 2 aliphatic carbocycles. The average molecular weight is 278 g/mol. The molecule has 3 atom stereocenters. The molecule has 0 aromatic heterocycles. The Morgan fingerprint density at radius 1 is 1.15 bits per heavy atom. The lowest BCUT2D eigenvalue weighted by Crippen LogP contribution is -2.19. The van der Waals surface area contributed by atoms with Crippen molar-refractivity contribution >= 4 is 5.97 Å². The first-order valence-electron chi connectivity index (χ1n) is 8.58. The molecule has 0 aromatic rings. The minimum atomic E-state index is -0.0969. The van der Waals surface area contributed by atoms with Crippen LogP contribution in [0.1, 0.15) is 71.6 Å². The van der Waals surface area contributed by atoms with Crippen LogP contribution < -0.4 is 0 Å². The van der Waals surface area contributed by atoms with Crippen molar-refractivity contribution in [3.05, 3.63) is 11.6 Å². The second-order valence-electron chi connectivity index (χ2n) is 6.64. The van der Waals surface area contributed by atoms with Gasteiger partial charge in [0.2, 0.25) is 0 Å². The van der Waals surface area contributed by atoms with E-state index in [1.165, 1.54) is 38.5 Å². The lowest BCUT2D eigenvalue weighted by Gasteiger charge is -2.28. The highest BCUT2D eigenvalue weighted by Gasteiger charge is 2.36. The zero-order valence-electron chi connectivity index (χ0n) is 13.2. The van der Waals surface area contributed by atoms with Crippen molar-refractivity contribution < 1.29 is 9.53 Å². The lowest BCUT2D eigenvalue weighted by atomic mass is 9.78. The van der Waals surface area contributed by atoms with Crippen molar-refractivity contribution in [2.24, 2.45) is 17.8 Å². The molecule has 2 heteroatoms. The Bertz CT molecular complexity index is 345.